The Labute approximate surface area is 171 Å². The fourth-order valence-electron chi connectivity index (χ4n) is 3.11. The number of nitrogens with zero attached hydrogens (tertiary/aromatic N) is 2. The lowest BCUT2D eigenvalue weighted by molar-refractivity contribution is 0.414. The van der Waals surface area contributed by atoms with Crippen LogP contribution in [0.3, 0.4) is 0 Å². The molecular weight excluding hydrogens is 368 g/mol. The summed E-state index contributed by atoms with van der Waals surface area (Å²) in [5.41, 5.74) is 7.36. The second-order valence-corrected chi connectivity index (χ2v) is 7.36. The topological polar surface area (TPSA) is 51.1 Å². The van der Waals surface area contributed by atoms with E-state index in [2.05, 4.69) is 53.8 Å². The van der Waals surface area contributed by atoms with E-state index in [1.54, 1.807) is 7.11 Å². The van der Waals surface area contributed by atoms with Crippen molar-refractivity contribution in [3.8, 4) is 5.75 Å². The van der Waals surface area contributed by atoms with E-state index < -0.39 is 0 Å². The van der Waals surface area contributed by atoms with E-state index in [9.17, 15) is 0 Å². The van der Waals surface area contributed by atoms with Crippen molar-refractivity contribution in [2.45, 2.75) is 34.2 Å². The molecule has 3 aromatic rings. The molecule has 5 nitrogen and oxygen atoms in total. The number of rotatable bonds is 5. The van der Waals surface area contributed by atoms with E-state index in [1.807, 2.05) is 36.7 Å². The van der Waals surface area contributed by atoms with E-state index in [1.165, 1.54) is 5.56 Å². The summed E-state index contributed by atoms with van der Waals surface area (Å²) in [5.74, 6) is 0.844. The third-order valence-electron chi connectivity index (χ3n) is 4.73. The summed E-state index contributed by atoms with van der Waals surface area (Å²) in [6, 6.07) is 14.3. The molecule has 6 heteroatoms. The fraction of sp³-hybridized carbons (Fsp3) is 0.273. The number of benzene rings is 2. The van der Waals surface area contributed by atoms with Gasteiger partial charge in [0, 0.05) is 5.69 Å². The maximum absolute atomic E-state index is 5.54. The second-order valence-electron chi connectivity index (χ2n) is 6.95. The van der Waals surface area contributed by atoms with Crippen molar-refractivity contribution in [1.82, 2.24) is 9.78 Å². The summed E-state index contributed by atoms with van der Waals surface area (Å²) in [4.78, 5) is 0. The zero-order chi connectivity index (χ0) is 20.3. The molecule has 2 N–H and O–H groups in total. The Kier molecular flexibility index (Phi) is 5.99. The number of hydrogen-bond donors (Lipinski definition) is 2. The summed E-state index contributed by atoms with van der Waals surface area (Å²) >= 11 is 5.54. The van der Waals surface area contributed by atoms with E-state index in [-0.39, 0.29) is 0 Å². The Bertz CT molecular complexity index is 1010. The molecule has 0 saturated heterocycles. The molecule has 0 saturated carbocycles. The monoisotopic (exact) mass is 394 g/mol. The predicted molar refractivity (Wildman–Crippen MR) is 120 cm³/mol. The molecule has 0 atom stereocenters. The highest BCUT2D eigenvalue weighted by atomic mass is 32.1. The van der Waals surface area contributed by atoms with Gasteiger partial charge in [-0.1, -0.05) is 24.3 Å². The molecule has 0 unspecified atom stereocenters. The molecule has 0 aliphatic heterocycles. The van der Waals surface area contributed by atoms with E-state index >= 15 is 0 Å². The van der Waals surface area contributed by atoms with Crippen molar-refractivity contribution in [1.29, 1.82) is 0 Å². The Morgan fingerprint density at radius 2 is 1.86 bits per heavy atom. The van der Waals surface area contributed by atoms with Crippen LogP contribution in [0.15, 0.2) is 42.5 Å². The van der Waals surface area contributed by atoms with Crippen LogP contribution in [0.1, 0.15) is 28.1 Å². The normalized spacial score (nSPS) is 10.6. The first-order valence-corrected chi connectivity index (χ1v) is 9.60. The molecule has 0 radical (unpaired) electrons. The zero-order valence-corrected chi connectivity index (χ0v) is 17.8. The number of methoxy groups -OCH3 is 1. The molecule has 0 amide bonds. The molecular formula is C22H26N4OS. The smallest absolute Gasteiger partial charge is 0.175 e. The molecule has 28 heavy (non-hydrogen) atoms. The van der Waals surface area contributed by atoms with E-state index in [0.29, 0.717) is 11.7 Å². The van der Waals surface area contributed by atoms with Gasteiger partial charge >= 0.3 is 0 Å². The number of thiocarbonyl (C=S) groups is 1. The summed E-state index contributed by atoms with van der Waals surface area (Å²) in [6.07, 6.45) is 0. The molecule has 0 aliphatic carbocycles. The van der Waals surface area contributed by atoms with Gasteiger partial charge in [-0.05, 0) is 74.8 Å². The summed E-state index contributed by atoms with van der Waals surface area (Å²) in [7, 11) is 1.67. The van der Waals surface area contributed by atoms with Gasteiger partial charge in [-0.3, -0.25) is 4.68 Å². The minimum Gasteiger partial charge on any atom is -0.497 e. The van der Waals surface area contributed by atoms with Crippen LogP contribution < -0.4 is 15.4 Å². The van der Waals surface area contributed by atoms with Crippen LogP contribution in [0.25, 0.3) is 0 Å². The van der Waals surface area contributed by atoms with Gasteiger partial charge in [-0.15, -0.1) is 0 Å². The van der Waals surface area contributed by atoms with Crippen molar-refractivity contribution >= 4 is 28.7 Å². The van der Waals surface area contributed by atoms with Gasteiger partial charge in [0.25, 0.3) is 0 Å². The first kappa shape index (κ1) is 19.9. The largest absolute Gasteiger partial charge is 0.497 e. The Morgan fingerprint density at radius 1 is 1.07 bits per heavy atom. The number of aryl methyl sites for hydroxylation is 3. The van der Waals surface area contributed by atoms with Gasteiger partial charge in [0.15, 0.2) is 5.11 Å². The number of aromatic nitrogens is 2. The van der Waals surface area contributed by atoms with Crippen molar-refractivity contribution in [2.75, 3.05) is 17.7 Å². The number of ether oxygens (including phenoxy) is 1. The third-order valence-corrected chi connectivity index (χ3v) is 4.93. The molecule has 146 valence electrons. The average molecular weight is 395 g/mol. The van der Waals surface area contributed by atoms with Crippen molar-refractivity contribution in [3.63, 3.8) is 0 Å². The predicted octanol–water partition coefficient (Wildman–Crippen LogP) is 4.98. The quantitative estimate of drug-likeness (QED) is 0.598. The van der Waals surface area contributed by atoms with Gasteiger partial charge in [0.1, 0.15) is 5.75 Å². The van der Waals surface area contributed by atoms with Gasteiger partial charge in [-0.2, -0.15) is 5.10 Å². The summed E-state index contributed by atoms with van der Waals surface area (Å²) in [5, 5.41) is 11.8. The van der Waals surface area contributed by atoms with Gasteiger partial charge in [-0.25, -0.2) is 0 Å². The molecule has 2 aromatic carbocycles. The molecule has 1 aromatic heterocycles. The molecule has 0 spiro atoms. The minimum atomic E-state index is 0.556. The maximum atomic E-state index is 5.54. The lowest BCUT2D eigenvalue weighted by Gasteiger charge is -2.13. The number of anilines is 2. The fourth-order valence-corrected chi connectivity index (χ4v) is 3.33. The molecule has 1 heterocycles. The molecule has 0 aliphatic rings. The van der Waals surface area contributed by atoms with Crippen molar-refractivity contribution < 1.29 is 4.74 Å². The lowest BCUT2D eigenvalue weighted by atomic mass is 10.1. The van der Waals surface area contributed by atoms with Crippen molar-refractivity contribution in [3.05, 3.63) is 70.5 Å². The standard InChI is InChI=1S/C22H26N4OS/c1-14-9-10-15(2)20(11-14)23-22(28)24-21-16(3)25-26(17(21)4)13-18-7-6-8-19(12-18)27-5/h6-12H,13H2,1-5H3,(H2,23,24,28). The molecule has 0 fully saturated rings. The summed E-state index contributed by atoms with van der Waals surface area (Å²) < 4.78 is 7.29. The second kappa shape index (κ2) is 8.44. The lowest BCUT2D eigenvalue weighted by Crippen LogP contribution is -2.20. The van der Waals surface area contributed by atoms with Crippen LogP contribution in [0.5, 0.6) is 5.75 Å². The van der Waals surface area contributed by atoms with E-state index in [0.717, 1.165) is 39.6 Å². The zero-order valence-electron chi connectivity index (χ0n) is 17.0. The van der Waals surface area contributed by atoms with Gasteiger partial charge < -0.3 is 15.4 Å². The average Bonchev–Trinajstić information content (AvgIpc) is 2.92. The van der Waals surface area contributed by atoms with Gasteiger partial charge in [0.05, 0.1) is 30.7 Å². The van der Waals surface area contributed by atoms with Crippen LogP contribution in [0.2, 0.25) is 0 Å². The number of nitrogens with one attached hydrogen (secondary N) is 2. The Balaban J connectivity index is 1.76. The highest BCUT2D eigenvalue weighted by Crippen LogP contribution is 2.23. The highest BCUT2D eigenvalue weighted by Gasteiger charge is 2.14. The molecule has 3 rings (SSSR count). The van der Waals surface area contributed by atoms with Crippen LogP contribution >= 0.6 is 12.2 Å². The summed E-state index contributed by atoms with van der Waals surface area (Å²) in [6.45, 7) is 8.83. The third kappa shape index (κ3) is 4.51. The molecule has 0 bridgehead atoms. The Morgan fingerprint density at radius 3 is 2.61 bits per heavy atom. The van der Waals surface area contributed by atoms with Crippen LogP contribution in [0, 0.1) is 27.7 Å². The van der Waals surface area contributed by atoms with E-state index in [4.69, 9.17) is 17.0 Å². The van der Waals surface area contributed by atoms with Crippen LogP contribution in [0.4, 0.5) is 11.4 Å². The highest BCUT2D eigenvalue weighted by molar-refractivity contribution is 7.80. The van der Waals surface area contributed by atoms with Crippen molar-refractivity contribution in [2.24, 2.45) is 0 Å². The van der Waals surface area contributed by atoms with Crippen LogP contribution in [-0.2, 0) is 6.54 Å². The maximum Gasteiger partial charge on any atom is 0.175 e. The van der Waals surface area contributed by atoms with Crippen LogP contribution in [-0.4, -0.2) is 22.0 Å². The van der Waals surface area contributed by atoms with Gasteiger partial charge in [0.2, 0.25) is 0 Å². The first-order valence-electron chi connectivity index (χ1n) is 9.19. The SMILES string of the molecule is COc1cccc(Cn2nc(C)c(NC(=S)Nc3cc(C)ccc3C)c2C)c1. The number of hydrogen-bond acceptors (Lipinski definition) is 3. The first-order chi connectivity index (χ1) is 13.4. The minimum absolute atomic E-state index is 0.556. The Hall–Kier alpha value is -2.86.